The van der Waals surface area contributed by atoms with Crippen LogP contribution in [0.4, 0.5) is 0 Å². The van der Waals surface area contributed by atoms with Crippen LogP contribution >= 0.6 is 11.6 Å². The predicted octanol–water partition coefficient (Wildman–Crippen LogP) is 7.08. The monoisotopic (exact) mass is 460 g/mol. The maximum atomic E-state index is 11.8. The number of halogens is 1. The van der Waals surface area contributed by atoms with Crippen molar-refractivity contribution in [3.63, 3.8) is 0 Å². The molecule has 32 heavy (non-hydrogen) atoms. The zero-order valence-electron chi connectivity index (χ0n) is 19.8. The lowest BCUT2D eigenvalue weighted by Crippen LogP contribution is -2.36. The zero-order valence-corrected chi connectivity index (χ0v) is 20.6. The van der Waals surface area contributed by atoms with E-state index in [1.54, 1.807) is 24.5 Å². The second-order valence-electron chi connectivity index (χ2n) is 8.72. The summed E-state index contributed by atoms with van der Waals surface area (Å²) >= 11 is 6.54. The zero-order chi connectivity index (χ0) is 23.6. The van der Waals surface area contributed by atoms with E-state index in [1.807, 2.05) is 26.0 Å². The van der Waals surface area contributed by atoms with Crippen LogP contribution < -0.4 is 4.74 Å². The van der Waals surface area contributed by atoms with Gasteiger partial charge in [-0.15, -0.1) is 11.6 Å². The molecule has 1 aromatic carbocycles. The topological polar surface area (TPSA) is 72.3 Å². The lowest BCUT2D eigenvalue weighted by Gasteiger charge is -2.29. The lowest BCUT2D eigenvalue weighted by atomic mass is 9.84. The summed E-state index contributed by atoms with van der Waals surface area (Å²) < 4.78 is 5.67. The van der Waals surface area contributed by atoms with Crippen LogP contribution in [0, 0.1) is 11.8 Å². The summed E-state index contributed by atoms with van der Waals surface area (Å²) in [5.74, 6) is -0.405. The Balaban J connectivity index is 1.88. The van der Waals surface area contributed by atoms with Gasteiger partial charge in [0.15, 0.2) is 4.87 Å². The van der Waals surface area contributed by atoms with Crippen molar-refractivity contribution < 1.29 is 14.6 Å². The number of aromatic nitrogens is 2. The minimum absolute atomic E-state index is 0.202. The Morgan fingerprint density at radius 2 is 1.62 bits per heavy atom. The van der Waals surface area contributed by atoms with Gasteiger partial charge in [-0.25, -0.2) is 14.8 Å². The molecule has 0 aliphatic carbocycles. The van der Waals surface area contributed by atoms with Gasteiger partial charge < -0.3 is 9.84 Å². The molecule has 0 spiro atoms. The lowest BCUT2D eigenvalue weighted by molar-refractivity contribution is -0.142. The fraction of sp³-hybridized carbons (Fsp3) is 0.577. The fourth-order valence-corrected chi connectivity index (χ4v) is 3.94. The van der Waals surface area contributed by atoms with Gasteiger partial charge in [0.1, 0.15) is 0 Å². The van der Waals surface area contributed by atoms with Crippen molar-refractivity contribution in [2.75, 3.05) is 6.61 Å². The number of ether oxygens (including phenoxy) is 1. The molecule has 3 atom stereocenters. The number of alkyl halides is 1. The molecule has 0 saturated heterocycles. The van der Waals surface area contributed by atoms with E-state index in [1.165, 1.54) is 25.7 Å². The van der Waals surface area contributed by atoms with E-state index in [0.29, 0.717) is 24.6 Å². The molecule has 0 bridgehead atoms. The van der Waals surface area contributed by atoms with Gasteiger partial charge in [0.05, 0.1) is 6.61 Å². The summed E-state index contributed by atoms with van der Waals surface area (Å²) in [5.41, 5.74) is 2.32. The number of unbranched alkanes of at least 4 members (excludes halogenated alkanes) is 3. The Kier molecular flexibility index (Phi) is 10.4. The highest BCUT2D eigenvalue weighted by Crippen LogP contribution is 2.39. The normalized spacial score (nSPS) is 15.0. The van der Waals surface area contributed by atoms with Crippen LogP contribution in [-0.4, -0.2) is 27.7 Å². The Morgan fingerprint density at radius 1 is 1.00 bits per heavy atom. The number of aliphatic carboxylic acids is 1. The van der Waals surface area contributed by atoms with Crippen molar-refractivity contribution in [1.29, 1.82) is 0 Å². The van der Waals surface area contributed by atoms with Crippen molar-refractivity contribution >= 4 is 17.6 Å². The molecule has 2 rings (SSSR count). The molecular weight excluding hydrogens is 424 g/mol. The number of benzene rings is 1. The van der Waals surface area contributed by atoms with E-state index in [9.17, 15) is 9.90 Å². The summed E-state index contributed by atoms with van der Waals surface area (Å²) in [6.45, 7) is 8.98. The first kappa shape index (κ1) is 26.1. The first-order chi connectivity index (χ1) is 15.3. The quantitative estimate of drug-likeness (QED) is 0.241. The summed E-state index contributed by atoms with van der Waals surface area (Å²) in [4.78, 5) is 19.0. The molecule has 6 heteroatoms. The molecule has 0 unspecified atom stereocenters. The van der Waals surface area contributed by atoms with Crippen LogP contribution in [0.2, 0.25) is 0 Å². The van der Waals surface area contributed by atoms with Crippen LogP contribution in [0.5, 0.6) is 6.01 Å². The SMILES string of the molecule is CC[C@H](C)CCCCCCOc1ncc(-c2ccc([C@](Cl)(C(=O)O)[C@@H](C)CC)cc2)cn1. The van der Waals surface area contributed by atoms with Crippen LogP contribution in [-0.2, 0) is 9.67 Å². The Bertz CT molecular complexity index is 826. The summed E-state index contributed by atoms with van der Waals surface area (Å²) in [7, 11) is 0. The van der Waals surface area contributed by atoms with Gasteiger partial charge in [0, 0.05) is 18.0 Å². The second kappa shape index (κ2) is 12.8. The average molecular weight is 461 g/mol. The minimum Gasteiger partial charge on any atom is -0.480 e. The van der Waals surface area contributed by atoms with Crippen molar-refractivity contribution in [2.45, 2.75) is 77.5 Å². The van der Waals surface area contributed by atoms with Crippen molar-refractivity contribution in [1.82, 2.24) is 9.97 Å². The number of rotatable bonds is 14. The van der Waals surface area contributed by atoms with E-state index in [2.05, 4.69) is 23.8 Å². The number of hydrogen-bond acceptors (Lipinski definition) is 4. The largest absolute Gasteiger partial charge is 0.480 e. The molecule has 0 aliphatic rings. The van der Waals surface area contributed by atoms with Gasteiger partial charge in [0.2, 0.25) is 0 Å². The highest BCUT2D eigenvalue weighted by atomic mass is 35.5. The predicted molar refractivity (Wildman–Crippen MR) is 130 cm³/mol. The van der Waals surface area contributed by atoms with Crippen LogP contribution in [0.1, 0.15) is 78.2 Å². The molecule has 5 nitrogen and oxygen atoms in total. The van der Waals surface area contributed by atoms with Crippen LogP contribution in [0.3, 0.4) is 0 Å². The average Bonchev–Trinajstić information content (AvgIpc) is 2.82. The molecule has 0 amide bonds. The molecule has 0 aliphatic heterocycles. The molecule has 0 fully saturated rings. The van der Waals surface area contributed by atoms with Gasteiger partial charge in [-0.05, 0) is 29.4 Å². The maximum absolute atomic E-state index is 11.8. The van der Waals surface area contributed by atoms with Crippen molar-refractivity contribution in [3.8, 4) is 17.1 Å². The smallest absolute Gasteiger partial charge is 0.329 e. The van der Waals surface area contributed by atoms with Gasteiger partial charge >= 0.3 is 12.0 Å². The van der Waals surface area contributed by atoms with Gasteiger partial charge in [-0.1, -0.05) is 90.5 Å². The van der Waals surface area contributed by atoms with Crippen molar-refractivity contribution in [2.24, 2.45) is 11.8 Å². The van der Waals surface area contributed by atoms with Gasteiger partial charge in [-0.2, -0.15) is 0 Å². The number of carboxylic acid groups (broad SMARTS) is 1. The molecule has 0 saturated carbocycles. The van der Waals surface area contributed by atoms with Gasteiger partial charge in [-0.3, -0.25) is 0 Å². The molecule has 1 aromatic heterocycles. The number of nitrogens with zero attached hydrogens (tertiary/aromatic N) is 2. The third-order valence-electron chi connectivity index (χ3n) is 6.39. The standard InChI is InChI=1S/C26H37ClN2O3/c1-5-19(3)11-9-7-8-10-16-32-25-28-17-22(18-29-25)21-12-14-23(15-13-21)26(27,24(30)31)20(4)6-2/h12-15,17-20H,5-11,16H2,1-4H3,(H,30,31)/t19-,20-,26-/m0/s1. The van der Waals surface area contributed by atoms with Crippen LogP contribution in [0.15, 0.2) is 36.7 Å². The Morgan fingerprint density at radius 3 is 2.19 bits per heavy atom. The second-order valence-corrected chi connectivity index (χ2v) is 9.32. The molecule has 176 valence electrons. The van der Waals surface area contributed by atoms with E-state index in [4.69, 9.17) is 16.3 Å². The van der Waals surface area contributed by atoms with Gasteiger partial charge in [0.25, 0.3) is 0 Å². The molecular formula is C26H37ClN2O3. The highest BCUT2D eigenvalue weighted by molar-refractivity contribution is 6.33. The third-order valence-corrected chi connectivity index (χ3v) is 7.14. The summed E-state index contributed by atoms with van der Waals surface area (Å²) in [5, 5.41) is 9.70. The molecule has 1 N–H and O–H groups in total. The van der Waals surface area contributed by atoms with E-state index >= 15 is 0 Å². The number of carboxylic acids is 1. The number of hydrogen-bond donors (Lipinski definition) is 1. The highest BCUT2D eigenvalue weighted by Gasteiger charge is 2.42. The third kappa shape index (κ3) is 6.93. The molecule has 2 aromatic rings. The fourth-order valence-electron chi connectivity index (χ4n) is 3.66. The van der Waals surface area contributed by atoms with Crippen LogP contribution in [0.25, 0.3) is 11.1 Å². The van der Waals surface area contributed by atoms with Crippen molar-refractivity contribution in [3.05, 3.63) is 42.2 Å². The van der Waals surface area contributed by atoms with E-state index in [-0.39, 0.29) is 5.92 Å². The molecule has 0 radical (unpaired) electrons. The summed E-state index contributed by atoms with van der Waals surface area (Å²) in [6, 6.07) is 7.64. The molecule has 1 heterocycles. The summed E-state index contributed by atoms with van der Waals surface area (Å²) in [6.07, 6.45) is 11.4. The van der Waals surface area contributed by atoms with E-state index in [0.717, 1.165) is 29.9 Å². The number of carbonyl (C=O) groups is 1. The first-order valence-corrected chi connectivity index (χ1v) is 12.2. The van der Waals surface area contributed by atoms with E-state index < -0.39 is 10.8 Å². The Labute approximate surface area is 197 Å². The minimum atomic E-state index is -1.43. The maximum Gasteiger partial charge on any atom is 0.329 e. The Hall–Kier alpha value is -2.14. The first-order valence-electron chi connectivity index (χ1n) is 11.8.